The number of nitrogens with zero attached hydrogens (tertiary/aromatic N) is 1. The maximum atomic E-state index is 12.0. The fraction of sp³-hybridized carbons (Fsp3) is 0.917. The number of nitrogens with two attached hydrogens (primary N) is 1. The maximum Gasteiger partial charge on any atom is 0.239 e. The molecule has 3 atom stereocenters. The molecule has 0 aromatic heterocycles. The van der Waals surface area contributed by atoms with E-state index in [2.05, 4.69) is 20.8 Å². The molecule has 3 nitrogen and oxygen atoms in total. The normalized spacial score (nSPS) is 26.1. The lowest BCUT2D eigenvalue weighted by molar-refractivity contribution is -0.135. The molecule has 1 aliphatic rings. The molecule has 3 heteroatoms. The fourth-order valence-electron chi connectivity index (χ4n) is 2.10. The third-order valence-corrected chi connectivity index (χ3v) is 3.51. The Morgan fingerprint density at radius 3 is 2.80 bits per heavy atom. The molecule has 0 radical (unpaired) electrons. The molecular formula is C12H24N2O. The Morgan fingerprint density at radius 2 is 2.27 bits per heavy atom. The molecule has 1 heterocycles. The zero-order valence-electron chi connectivity index (χ0n) is 10.2. The molecule has 1 saturated heterocycles. The molecule has 0 bridgehead atoms. The summed E-state index contributed by atoms with van der Waals surface area (Å²) in [7, 11) is 0. The number of amides is 1. The summed E-state index contributed by atoms with van der Waals surface area (Å²) < 4.78 is 0. The topological polar surface area (TPSA) is 46.3 Å². The fourth-order valence-corrected chi connectivity index (χ4v) is 2.10. The molecule has 88 valence electrons. The Labute approximate surface area is 93.0 Å². The Morgan fingerprint density at radius 1 is 1.60 bits per heavy atom. The van der Waals surface area contributed by atoms with E-state index in [4.69, 9.17) is 5.73 Å². The van der Waals surface area contributed by atoms with Crippen molar-refractivity contribution < 1.29 is 4.79 Å². The molecule has 1 amide bonds. The van der Waals surface area contributed by atoms with Gasteiger partial charge in [-0.05, 0) is 24.7 Å². The molecule has 0 saturated carbocycles. The Kier molecular flexibility index (Phi) is 4.58. The van der Waals surface area contributed by atoms with Gasteiger partial charge in [0.15, 0.2) is 0 Å². The number of carbonyl (C=O) groups is 1. The smallest absolute Gasteiger partial charge is 0.239 e. The zero-order chi connectivity index (χ0) is 11.4. The number of likely N-dealkylation sites (tertiary alicyclic amines) is 1. The minimum absolute atomic E-state index is 0.149. The van der Waals surface area contributed by atoms with Gasteiger partial charge in [0, 0.05) is 13.1 Å². The molecule has 0 unspecified atom stereocenters. The van der Waals surface area contributed by atoms with Crippen LogP contribution in [0.15, 0.2) is 0 Å². The molecule has 0 aliphatic carbocycles. The summed E-state index contributed by atoms with van der Waals surface area (Å²) in [5.41, 5.74) is 5.96. The van der Waals surface area contributed by atoms with Crippen LogP contribution in [-0.2, 0) is 4.79 Å². The number of carbonyl (C=O) groups excluding carboxylic acids is 1. The summed E-state index contributed by atoms with van der Waals surface area (Å²) in [6, 6.07) is -0.305. The van der Waals surface area contributed by atoms with Crippen LogP contribution in [-0.4, -0.2) is 29.9 Å². The lowest BCUT2D eigenvalue weighted by Crippen LogP contribution is -2.50. The number of piperidine rings is 1. The largest absolute Gasteiger partial charge is 0.341 e. The minimum Gasteiger partial charge on any atom is -0.341 e. The SMILES string of the molecule is CC[C@H](C)[C@H](N)C(=O)N1CCC[C@H](C)C1. The van der Waals surface area contributed by atoms with E-state index in [0.717, 1.165) is 25.9 Å². The molecule has 15 heavy (non-hydrogen) atoms. The van der Waals surface area contributed by atoms with Crippen LogP contribution in [0.25, 0.3) is 0 Å². The Balaban J connectivity index is 2.51. The van der Waals surface area contributed by atoms with Gasteiger partial charge in [-0.3, -0.25) is 4.79 Å². The van der Waals surface area contributed by atoms with Crippen molar-refractivity contribution in [2.24, 2.45) is 17.6 Å². The molecule has 1 aliphatic heterocycles. The molecule has 1 rings (SSSR count). The lowest BCUT2D eigenvalue weighted by atomic mass is 9.95. The summed E-state index contributed by atoms with van der Waals surface area (Å²) in [6.07, 6.45) is 3.33. The molecule has 1 fully saturated rings. The number of rotatable bonds is 3. The summed E-state index contributed by atoms with van der Waals surface area (Å²) >= 11 is 0. The van der Waals surface area contributed by atoms with Gasteiger partial charge in [0.2, 0.25) is 5.91 Å². The number of hydrogen-bond acceptors (Lipinski definition) is 2. The standard InChI is InChI=1S/C12H24N2O/c1-4-10(3)11(13)12(15)14-7-5-6-9(2)8-14/h9-11H,4-8,13H2,1-3H3/t9-,10-,11-/m0/s1. The summed E-state index contributed by atoms with van der Waals surface area (Å²) in [6.45, 7) is 8.12. The van der Waals surface area contributed by atoms with Crippen molar-refractivity contribution in [3.8, 4) is 0 Å². The van der Waals surface area contributed by atoms with E-state index in [1.165, 1.54) is 6.42 Å². The van der Waals surface area contributed by atoms with Crippen molar-refractivity contribution in [2.45, 2.75) is 46.1 Å². The van der Waals surface area contributed by atoms with Crippen LogP contribution in [0, 0.1) is 11.8 Å². The van der Waals surface area contributed by atoms with Crippen LogP contribution in [0.1, 0.15) is 40.0 Å². The highest BCUT2D eigenvalue weighted by atomic mass is 16.2. The molecule has 0 aromatic rings. The third-order valence-electron chi connectivity index (χ3n) is 3.51. The van der Waals surface area contributed by atoms with Gasteiger partial charge in [-0.25, -0.2) is 0 Å². The second kappa shape index (κ2) is 5.50. The van der Waals surface area contributed by atoms with Gasteiger partial charge in [-0.1, -0.05) is 27.2 Å². The average Bonchev–Trinajstić information content (AvgIpc) is 2.26. The van der Waals surface area contributed by atoms with Crippen LogP contribution < -0.4 is 5.73 Å². The Hall–Kier alpha value is -0.570. The Bertz CT molecular complexity index is 218. The van der Waals surface area contributed by atoms with E-state index in [-0.39, 0.29) is 17.9 Å². The summed E-state index contributed by atoms with van der Waals surface area (Å²) in [4.78, 5) is 14.0. The molecule has 0 aromatic carbocycles. The van der Waals surface area contributed by atoms with E-state index < -0.39 is 0 Å². The second-order valence-corrected chi connectivity index (χ2v) is 4.94. The lowest BCUT2D eigenvalue weighted by Gasteiger charge is -2.33. The van der Waals surface area contributed by atoms with E-state index in [1.54, 1.807) is 0 Å². The summed E-state index contributed by atoms with van der Waals surface area (Å²) in [5.74, 6) is 1.07. The number of hydrogen-bond donors (Lipinski definition) is 1. The van der Waals surface area contributed by atoms with Crippen molar-refractivity contribution in [3.63, 3.8) is 0 Å². The van der Waals surface area contributed by atoms with Gasteiger partial charge in [0.1, 0.15) is 0 Å². The first kappa shape index (κ1) is 12.5. The van der Waals surface area contributed by atoms with Gasteiger partial charge in [-0.2, -0.15) is 0 Å². The first-order valence-corrected chi connectivity index (χ1v) is 6.10. The van der Waals surface area contributed by atoms with E-state index in [1.807, 2.05) is 4.90 Å². The van der Waals surface area contributed by atoms with Crippen molar-refractivity contribution in [1.29, 1.82) is 0 Å². The van der Waals surface area contributed by atoms with Gasteiger partial charge in [0.25, 0.3) is 0 Å². The molecule has 0 spiro atoms. The quantitative estimate of drug-likeness (QED) is 0.772. The highest BCUT2D eigenvalue weighted by Crippen LogP contribution is 2.17. The van der Waals surface area contributed by atoms with E-state index in [0.29, 0.717) is 5.92 Å². The predicted octanol–water partition coefficient (Wildman–Crippen LogP) is 1.62. The van der Waals surface area contributed by atoms with Crippen molar-refractivity contribution in [2.75, 3.05) is 13.1 Å². The highest BCUT2D eigenvalue weighted by molar-refractivity contribution is 5.82. The predicted molar refractivity (Wildman–Crippen MR) is 62.4 cm³/mol. The zero-order valence-corrected chi connectivity index (χ0v) is 10.2. The minimum atomic E-state index is -0.305. The van der Waals surface area contributed by atoms with Gasteiger partial charge >= 0.3 is 0 Å². The van der Waals surface area contributed by atoms with Crippen LogP contribution in [0.2, 0.25) is 0 Å². The van der Waals surface area contributed by atoms with Gasteiger partial charge < -0.3 is 10.6 Å². The highest BCUT2D eigenvalue weighted by Gasteiger charge is 2.27. The van der Waals surface area contributed by atoms with Crippen LogP contribution >= 0.6 is 0 Å². The van der Waals surface area contributed by atoms with Crippen molar-refractivity contribution in [3.05, 3.63) is 0 Å². The monoisotopic (exact) mass is 212 g/mol. The molecular weight excluding hydrogens is 188 g/mol. The van der Waals surface area contributed by atoms with Crippen LogP contribution in [0.4, 0.5) is 0 Å². The van der Waals surface area contributed by atoms with Crippen LogP contribution in [0.3, 0.4) is 0 Å². The van der Waals surface area contributed by atoms with Crippen molar-refractivity contribution in [1.82, 2.24) is 4.90 Å². The van der Waals surface area contributed by atoms with Gasteiger partial charge in [-0.15, -0.1) is 0 Å². The second-order valence-electron chi connectivity index (χ2n) is 4.94. The van der Waals surface area contributed by atoms with E-state index >= 15 is 0 Å². The average molecular weight is 212 g/mol. The first-order valence-electron chi connectivity index (χ1n) is 6.10. The van der Waals surface area contributed by atoms with Gasteiger partial charge in [0.05, 0.1) is 6.04 Å². The first-order chi connectivity index (χ1) is 7.06. The summed E-state index contributed by atoms with van der Waals surface area (Å²) in [5, 5.41) is 0. The van der Waals surface area contributed by atoms with Crippen LogP contribution in [0.5, 0.6) is 0 Å². The third kappa shape index (κ3) is 3.20. The maximum absolute atomic E-state index is 12.0. The molecule has 2 N–H and O–H groups in total. The van der Waals surface area contributed by atoms with Crippen molar-refractivity contribution >= 4 is 5.91 Å². The van der Waals surface area contributed by atoms with E-state index in [9.17, 15) is 4.79 Å².